The molecule has 2 aromatic carbocycles. The molecule has 2 heterocycles. The predicted molar refractivity (Wildman–Crippen MR) is 171 cm³/mol. The molecule has 234 valence electrons. The minimum absolute atomic E-state index is 0. The maximum absolute atomic E-state index is 11.1. The Hall–Kier alpha value is -0.574. The average molecular weight is 708 g/mol. The zero-order valence-corrected chi connectivity index (χ0v) is 32.0. The van der Waals surface area contributed by atoms with Gasteiger partial charge in [-0.1, -0.05) is 43.1 Å². The molecule has 0 amide bonds. The van der Waals surface area contributed by atoms with Gasteiger partial charge in [0, 0.05) is 69.0 Å². The Balaban J connectivity index is 0.00000529. The van der Waals surface area contributed by atoms with Gasteiger partial charge < -0.3 is 14.0 Å². The van der Waals surface area contributed by atoms with Crippen molar-refractivity contribution in [3.05, 3.63) is 81.5 Å². The number of rotatable bonds is 12. The first kappa shape index (κ1) is 37.9. The first-order valence-corrected chi connectivity index (χ1v) is 18.1. The molecule has 0 unspecified atom stereocenters. The van der Waals surface area contributed by atoms with Gasteiger partial charge in [-0.05, 0) is 75.1 Å². The van der Waals surface area contributed by atoms with E-state index in [4.69, 9.17) is 23.2 Å². The molecule has 2 aliphatic rings. The van der Waals surface area contributed by atoms with Crippen molar-refractivity contribution < 1.29 is 81.9 Å². The van der Waals surface area contributed by atoms with Crippen LogP contribution in [0.25, 0.3) is 0 Å². The molecule has 8 nitrogen and oxygen atoms in total. The summed E-state index contributed by atoms with van der Waals surface area (Å²) in [6.07, 6.45) is 7.69. The largest absolute Gasteiger partial charge is 1.00 e. The Morgan fingerprint density at radius 1 is 0.818 bits per heavy atom. The minimum Gasteiger partial charge on any atom is -0.748 e. The van der Waals surface area contributed by atoms with Crippen LogP contribution in [0.5, 0.6) is 0 Å². The number of anilines is 1. The Kier molecular flexibility index (Phi) is 12.6. The average Bonchev–Trinajstić information content (AvgIpc) is 3.22. The van der Waals surface area contributed by atoms with Crippen molar-refractivity contribution in [1.29, 1.82) is 0 Å². The summed E-state index contributed by atoms with van der Waals surface area (Å²) in [6.45, 7) is 9.53. The number of halogens is 2. The first-order valence-electron chi connectivity index (χ1n) is 14.2. The van der Waals surface area contributed by atoms with Gasteiger partial charge in [-0.25, -0.2) is 16.8 Å². The quantitative estimate of drug-likeness (QED) is 0.144. The van der Waals surface area contributed by atoms with Gasteiger partial charge in [0.05, 0.1) is 25.7 Å². The standard InChI is InChI=1S/C31H38Cl2N2O6S2.K/c1-30(2)24-20-22(32)12-14-26(24)34(16-5-7-18-42(36,37)38)28(30)10-9-11-29-31(3,4)25-21-23(33)13-15-27(25)35(29)17-6-8-19-43(39,40)41;/h9-15,20-21H,5-8,16-19H2,1-4H3,(H-,36,37,38,39,40,41);/q;+1/p-1. The molecule has 13 heteroatoms. The van der Waals surface area contributed by atoms with Crippen LogP contribution in [0.3, 0.4) is 0 Å². The summed E-state index contributed by atoms with van der Waals surface area (Å²) in [4.78, 5) is 2.16. The second-order valence-electron chi connectivity index (χ2n) is 12.1. The number of hydrogen-bond acceptors (Lipinski definition) is 7. The van der Waals surface area contributed by atoms with E-state index in [9.17, 15) is 25.9 Å². The molecule has 0 N–H and O–H groups in total. The Bertz CT molecular complexity index is 1720. The molecule has 0 fully saturated rings. The summed E-state index contributed by atoms with van der Waals surface area (Å²) >= 11 is 12.7. The van der Waals surface area contributed by atoms with Crippen molar-refractivity contribution in [1.82, 2.24) is 0 Å². The summed E-state index contributed by atoms with van der Waals surface area (Å²) in [5.41, 5.74) is 5.32. The summed E-state index contributed by atoms with van der Waals surface area (Å²) < 4.78 is 69.0. The number of fused-ring (bicyclic) bond motifs is 2. The number of unbranched alkanes of at least 4 members (excludes halogenated alkanes) is 2. The number of benzene rings is 2. The van der Waals surface area contributed by atoms with Crippen LogP contribution in [-0.4, -0.2) is 60.8 Å². The maximum atomic E-state index is 11.1. The van der Waals surface area contributed by atoms with Crippen LogP contribution in [-0.2, 0) is 31.1 Å². The summed E-state index contributed by atoms with van der Waals surface area (Å²) in [5, 5.41) is 1.25. The van der Waals surface area contributed by atoms with E-state index >= 15 is 0 Å². The Morgan fingerprint density at radius 2 is 1.39 bits per heavy atom. The van der Waals surface area contributed by atoms with Crippen LogP contribution in [0, 0.1) is 0 Å². The van der Waals surface area contributed by atoms with Crippen molar-refractivity contribution in [2.75, 3.05) is 29.5 Å². The van der Waals surface area contributed by atoms with Crippen molar-refractivity contribution in [3.8, 4) is 0 Å². The van der Waals surface area contributed by atoms with Crippen molar-refractivity contribution in [3.63, 3.8) is 0 Å². The molecule has 0 bridgehead atoms. The van der Waals surface area contributed by atoms with E-state index in [1.807, 2.05) is 42.5 Å². The SMILES string of the molecule is CC1(C)C(=CC=CC2=[N+](CCCCS(=O)(=O)[O-])c3ccc(Cl)cc3C2(C)C)N(CCCCS(=O)(=O)[O-])c2ccc(Cl)cc21.[K+]. The van der Waals surface area contributed by atoms with Gasteiger partial charge in [0.1, 0.15) is 6.54 Å². The third-order valence-electron chi connectivity index (χ3n) is 8.27. The second-order valence-corrected chi connectivity index (χ2v) is 16.0. The number of hydrogen-bond donors (Lipinski definition) is 0. The van der Waals surface area contributed by atoms with E-state index < -0.39 is 42.6 Å². The fourth-order valence-corrected chi connectivity index (χ4v) is 7.56. The summed E-state index contributed by atoms with van der Waals surface area (Å²) in [5.74, 6) is -0.795. The van der Waals surface area contributed by atoms with Crippen LogP contribution in [0.1, 0.15) is 64.5 Å². The topological polar surface area (TPSA) is 121 Å². The predicted octanol–water partition coefficient (Wildman–Crippen LogP) is 3.26. The molecule has 0 atom stereocenters. The van der Waals surface area contributed by atoms with Gasteiger partial charge in [-0.15, -0.1) is 0 Å². The maximum Gasteiger partial charge on any atom is 1.00 e. The van der Waals surface area contributed by atoms with E-state index in [1.54, 1.807) is 0 Å². The van der Waals surface area contributed by atoms with Gasteiger partial charge in [0.15, 0.2) is 5.71 Å². The van der Waals surface area contributed by atoms with Crippen LogP contribution >= 0.6 is 23.2 Å². The van der Waals surface area contributed by atoms with E-state index in [0.717, 1.165) is 33.9 Å². The molecule has 0 aliphatic carbocycles. The minimum atomic E-state index is -4.28. The van der Waals surface area contributed by atoms with E-state index in [0.29, 0.717) is 36.0 Å². The Labute approximate surface area is 314 Å². The van der Waals surface area contributed by atoms with E-state index in [2.05, 4.69) is 49.3 Å². The monoisotopic (exact) mass is 706 g/mol. The van der Waals surface area contributed by atoms with E-state index in [1.165, 1.54) is 0 Å². The zero-order chi connectivity index (χ0) is 31.8. The van der Waals surface area contributed by atoms with Crippen LogP contribution in [0.2, 0.25) is 10.0 Å². The second kappa shape index (κ2) is 14.7. The molecule has 0 spiro atoms. The third-order valence-corrected chi connectivity index (χ3v) is 10.3. The van der Waals surface area contributed by atoms with Crippen molar-refractivity contribution in [2.24, 2.45) is 0 Å². The molecule has 0 aromatic heterocycles. The van der Waals surface area contributed by atoms with Crippen molar-refractivity contribution >= 4 is 60.5 Å². The molecule has 2 aliphatic heterocycles. The number of allylic oxidation sites excluding steroid dienone is 4. The fourth-order valence-electron chi connectivity index (χ4n) is 6.11. The van der Waals surface area contributed by atoms with Gasteiger partial charge in [0.25, 0.3) is 0 Å². The normalized spacial score (nSPS) is 18.2. The summed E-state index contributed by atoms with van der Waals surface area (Å²) in [7, 11) is -8.55. The summed E-state index contributed by atoms with van der Waals surface area (Å²) in [6, 6.07) is 11.5. The molecule has 44 heavy (non-hydrogen) atoms. The Morgan fingerprint density at radius 3 is 2.00 bits per heavy atom. The molecule has 2 aromatic rings. The van der Waals surface area contributed by atoms with Gasteiger partial charge in [-0.3, -0.25) is 0 Å². The van der Waals surface area contributed by atoms with E-state index in [-0.39, 0.29) is 64.2 Å². The van der Waals surface area contributed by atoms with Gasteiger partial charge in [0.2, 0.25) is 5.69 Å². The van der Waals surface area contributed by atoms with Crippen LogP contribution < -0.4 is 56.3 Å². The van der Waals surface area contributed by atoms with Crippen LogP contribution in [0.4, 0.5) is 11.4 Å². The van der Waals surface area contributed by atoms with Crippen LogP contribution in [0.15, 0.2) is 60.3 Å². The molecule has 0 saturated heterocycles. The zero-order valence-electron chi connectivity index (χ0n) is 25.8. The number of nitrogens with zero attached hydrogens (tertiary/aromatic N) is 2. The fraction of sp³-hybridized carbons (Fsp3) is 0.452. The molecule has 0 saturated carbocycles. The smallest absolute Gasteiger partial charge is 0.748 e. The van der Waals surface area contributed by atoms with Gasteiger partial charge in [-0.2, -0.15) is 4.58 Å². The molecular weight excluding hydrogens is 670 g/mol. The van der Waals surface area contributed by atoms with Crippen molar-refractivity contribution in [2.45, 2.75) is 64.2 Å². The third kappa shape index (κ3) is 8.86. The molecule has 0 radical (unpaired) electrons. The molecule has 4 rings (SSSR count). The van der Waals surface area contributed by atoms with Gasteiger partial charge >= 0.3 is 51.4 Å². The first-order chi connectivity index (χ1) is 19.9. The molecular formula is C31H37Cl2KN2O6S2.